The van der Waals surface area contributed by atoms with E-state index in [1.165, 1.54) is 4.90 Å². The molecule has 202 valence electrons. The molecule has 0 radical (unpaired) electrons. The SMILES string of the molecule is Cc1ccc(NC(=O)N2CCC(CC(F)(F)F)C2)cc1-c1cc(-c2cn(C)nn2)nc(N2CCOCC2)c1. The molecule has 2 aliphatic heterocycles. The molecular weight excluding hydrogens is 499 g/mol. The Balaban J connectivity index is 1.41. The predicted octanol–water partition coefficient (Wildman–Crippen LogP) is 4.50. The minimum Gasteiger partial charge on any atom is -0.378 e. The van der Waals surface area contributed by atoms with Crippen LogP contribution in [0.5, 0.6) is 0 Å². The Kier molecular flexibility index (Phi) is 7.24. The van der Waals surface area contributed by atoms with Gasteiger partial charge < -0.3 is 19.9 Å². The van der Waals surface area contributed by atoms with E-state index < -0.39 is 24.5 Å². The average molecular weight is 530 g/mol. The van der Waals surface area contributed by atoms with Crippen molar-refractivity contribution in [1.82, 2.24) is 24.9 Å². The monoisotopic (exact) mass is 529 g/mol. The number of rotatable bonds is 5. The lowest BCUT2D eigenvalue weighted by molar-refractivity contribution is -0.143. The lowest BCUT2D eigenvalue weighted by Crippen LogP contribution is -2.36. The van der Waals surface area contributed by atoms with E-state index >= 15 is 0 Å². The van der Waals surface area contributed by atoms with Crippen LogP contribution in [0.25, 0.3) is 22.5 Å². The fraction of sp³-hybridized carbons (Fsp3) is 0.462. The number of alkyl halides is 3. The molecule has 1 N–H and O–H groups in total. The molecule has 0 bridgehead atoms. The van der Waals surface area contributed by atoms with Crippen molar-refractivity contribution in [2.24, 2.45) is 13.0 Å². The first kappa shape index (κ1) is 26.0. The molecule has 9 nitrogen and oxygen atoms in total. The second-order valence-corrected chi connectivity index (χ2v) is 9.86. The zero-order valence-corrected chi connectivity index (χ0v) is 21.3. The number of halogens is 3. The van der Waals surface area contributed by atoms with Gasteiger partial charge in [0.25, 0.3) is 0 Å². The number of hydrogen-bond acceptors (Lipinski definition) is 6. The summed E-state index contributed by atoms with van der Waals surface area (Å²) in [5.41, 5.74) is 4.70. The first-order chi connectivity index (χ1) is 18.1. The molecule has 2 aliphatic rings. The smallest absolute Gasteiger partial charge is 0.378 e. The number of hydrogen-bond donors (Lipinski definition) is 1. The topological polar surface area (TPSA) is 88.4 Å². The Morgan fingerprint density at radius 3 is 2.63 bits per heavy atom. The zero-order chi connectivity index (χ0) is 26.9. The van der Waals surface area contributed by atoms with Crippen LogP contribution in [-0.4, -0.2) is 76.5 Å². The number of urea groups is 1. The number of anilines is 2. The summed E-state index contributed by atoms with van der Waals surface area (Å²) in [5, 5.41) is 11.1. The summed E-state index contributed by atoms with van der Waals surface area (Å²) in [6.07, 6.45) is -2.94. The third-order valence-corrected chi connectivity index (χ3v) is 6.91. The second-order valence-electron chi connectivity index (χ2n) is 9.86. The number of nitrogens with zero attached hydrogens (tertiary/aromatic N) is 6. The lowest BCUT2D eigenvalue weighted by atomic mass is 9.99. The molecule has 1 aromatic carbocycles. The molecule has 1 atom stereocenters. The number of nitrogens with one attached hydrogen (secondary N) is 1. The highest BCUT2D eigenvalue weighted by molar-refractivity contribution is 5.91. The Morgan fingerprint density at radius 1 is 1.13 bits per heavy atom. The van der Waals surface area contributed by atoms with Crippen molar-refractivity contribution in [3.63, 3.8) is 0 Å². The summed E-state index contributed by atoms with van der Waals surface area (Å²) < 4.78 is 45.4. The summed E-state index contributed by atoms with van der Waals surface area (Å²) in [4.78, 5) is 21.3. The van der Waals surface area contributed by atoms with Gasteiger partial charge >= 0.3 is 12.2 Å². The number of ether oxygens (including phenoxy) is 1. The molecule has 4 heterocycles. The van der Waals surface area contributed by atoms with Crippen LogP contribution in [0, 0.1) is 12.8 Å². The third kappa shape index (κ3) is 6.07. The summed E-state index contributed by atoms with van der Waals surface area (Å²) in [5.74, 6) is 0.234. The molecular formula is C26H30F3N7O2. The molecule has 0 aliphatic carbocycles. The van der Waals surface area contributed by atoms with Gasteiger partial charge in [0.1, 0.15) is 11.5 Å². The van der Waals surface area contributed by atoms with Crippen LogP contribution in [0.2, 0.25) is 0 Å². The minimum atomic E-state index is -4.22. The maximum absolute atomic E-state index is 12.8. The van der Waals surface area contributed by atoms with E-state index in [9.17, 15) is 18.0 Å². The van der Waals surface area contributed by atoms with Crippen LogP contribution >= 0.6 is 0 Å². The summed E-state index contributed by atoms with van der Waals surface area (Å²) in [7, 11) is 1.80. The number of carbonyl (C=O) groups excluding carboxylic acids is 1. The van der Waals surface area contributed by atoms with Gasteiger partial charge in [0.15, 0.2) is 0 Å². The molecule has 38 heavy (non-hydrogen) atoms. The first-order valence-electron chi connectivity index (χ1n) is 12.6. The number of aromatic nitrogens is 4. The van der Waals surface area contributed by atoms with Gasteiger partial charge in [-0.05, 0) is 60.2 Å². The number of likely N-dealkylation sites (tertiary alicyclic amines) is 1. The number of morpholine rings is 1. The lowest BCUT2D eigenvalue weighted by Gasteiger charge is -2.28. The van der Waals surface area contributed by atoms with Crippen molar-refractivity contribution in [2.45, 2.75) is 25.9 Å². The summed E-state index contributed by atoms with van der Waals surface area (Å²) in [6, 6.07) is 9.17. The minimum absolute atomic E-state index is 0.0960. The van der Waals surface area contributed by atoms with E-state index in [-0.39, 0.29) is 6.54 Å². The van der Waals surface area contributed by atoms with Gasteiger partial charge in [-0.3, -0.25) is 4.68 Å². The molecule has 2 aromatic heterocycles. The van der Waals surface area contributed by atoms with Gasteiger partial charge in [0.2, 0.25) is 0 Å². The molecule has 2 amide bonds. The van der Waals surface area contributed by atoms with Crippen LogP contribution in [0.1, 0.15) is 18.4 Å². The van der Waals surface area contributed by atoms with Gasteiger partial charge in [-0.1, -0.05) is 11.3 Å². The molecule has 2 fully saturated rings. The third-order valence-electron chi connectivity index (χ3n) is 6.91. The number of pyridine rings is 1. The van der Waals surface area contributed by atoms with Crippen LogP contribution in [0.15, 0.2) is 36.5 Å². The fourth-order valence-electron chi connectivity index (χ4n) is 4.95. The predicted molar refractivity (Wildman–Crippen MR) is 137 cm³/mol. The normalized spacial score (nSPS) is 18.2. The quantitative estimate of drug-likeness (QED) is 0.524. The standard InChI is InChI=1S/C26H30F3N7O2/c1-17-3-4-20(30-25(37)36-6-5-18(15-36)14-26(27,28)29)13-21(17)19-11-22(23-16-34(2)33-32-23)31-24(12-19)35-7-9-38-10-8-35/h3-4,11-13,16,18H,5-10,14-15H2,1-2H3,(H,30,37). The average Bonchev–Trinajstić information content (AvgIpc) is 3.53. The van der Waals surface area contributed by atoms with Crippen molar-refractivity contribution < 1.29 is 22.7 Å². The zero-order valence-electron chi connectivity index (χ0n) is 21.3. The number of aryl methyl sites for hydroxylation is 2. The van der Waals surface area contributed by atoms with Gasteiger partial charge in [0, 0.05) is 45.3 Å². The van der Waals surface area contributed by atoms with Crippen molar-refractivity contribution in [3.8, 4) is 22.5 Å². The van der Waals surface area contributed by atoms with Crippen LogP contribution in [0.3, 0.4) is 0 Å². The van der Waals surface area contributed by atoms with E-state index in [1.807, 2.05) is 31.2 Å². The van der Waals surface area contributed by atoms with E-state index in [0.717, 1.165) is 35.6 Å². The molecule has 12 heteroatoms. The highest BCUT2D eigenvalue weighted by Crippen LogP contribution is 2.33. The number of amides is 2. The summed E-state index contributed by atoms with van der Waals surface area (Å²) >= 11 is 0. The van der Waals surface area contributed by atoms with Gasteiger partial charge in [-0.25, -0.2) is 9.78 Å². The van der Waals surface area contributed by atoms with Gasteiger partial charge in [-0.2, -0.15) is 13.2 Å². The second kappa shape index (κ2) is 10.6. The van der Waals surface area contributed by atoms with E-state index in [1.54, 1.807) is 24.0 Å². The summed E-state index contributed by atoms with van der Waals surface area (Å²) in [6.45, 7) is 5.06. The van der Waals surface area contributed by atoms with E-state index in [0.29, 0.717) is 43.3 Å². The maximum Gasteiger partial charge on any atom is 0.389 e. The van der Waals surface area contributed by atoms with Gasteiger partial charge in [0.05, 0.1) is 25.1 Å². The molecule has 3 aromatic rings. The Morgan fingerprint density at radius 2 is 1.92 bits per heavy atom. The van der Waals surface area contributed by atoms with E-state index in [4.69, 9.17) is 9.72 Å². The number of benzene rings is 1. The van der Waals surface area contributed by atoms with Crippen molar-refractivity contribution in [1.29, 1.82) is 0 Å². The molecule has 0 saturated carbocycles. The van der Waals surface area contributed by atoms with E-state index in [2.05, 4.69) is 20.5 Å². The molecule has 5 rings (SSSR count). The van der Waals surface area contributed by atoms with Crippen LogP contribution < -0.4 is 10.2 Å². The van der Waals surface area contributed by atoms with Crippen molar-refractivity contribution in [3.05, 3.63) is 42.1 Å². The van der Waals surface area contributed by atoms with Crippen LogP contribution in [-0.2, 0) is 11.8 Å². The highest BCUT2D eigenvalue weighted by atomic mass is 19.4. The highest BCUT2D eigenvalue weighted by Gasteiger charge is 2.36. The number of carbonyl (C=O) groups is 1. The molecule has 0 spiro atoms. The first-order valence-corrected chi connectivity index (χ1v) is 12.6. The fourth-order valence-corrected chi connectivity index (χ4v) is 4.95. The van der Waals surface area contributed by atoms with Crippen molar-refractivity contribution >= 4 is 17.5 Å². The van der Waals surface area contributed by atoms with Crippen LogP contribution in [0.4, 0.5) is 29.5 Å². The van der Waals surface area contributed by atoms with Crippen molar-refractivity contribution in [2.75, 3.05) is 49.6 Å². The Hall–Kier alpha value is -3.67. The largest absolute Gasteiger partial charge is 0.389 e. The molecule has 2 saturated heterocycles. The molecule has 1 unspecified atom stereocenters. The Labute approximate surface area is 218 Å². The Bertz CT molecular complexity index is 1300. The maximum atomic E-state index is 12.8. The van der Waals surface area contributed by atoms with Gasteiger partial charge in [-0.15, -0.1) is 5.10 Å².